The van der Waals surface area contributed by atoms with Crippen molar-refractivity contribution in [1.82, 2.24) is 9.80 Å². The highest BCUT2D eigenvalue weighted by molar-refractivity contribution is 5.25. The van der Waals surface area contributed by atoms with Crippen molar-refractivity contribution in [2.45, 2.75) is 37.7 Å². The van der Waals surface area contributed by atoms with E-state index in [1.807, 2.05) is 6.07 Å². The molecule has 4 heteroatoms. The molecule has 0 radical (unpaired) electrons. The molecule has 2 unspecified atom stereocenters. The topological polar surface area (TPSA) is 26.7 Å². The van der Waals surface area contributed by atoms with Crippen LogP contribution in [-0.2, 0) is 5.60 Å². The summed E-state index contributed by atoms with van der Waals surface area (Å²) in [5.74, 6) is -0.0614. The van der Waals surface area contributed by atoms with Crippen LogP contribution in [0.15, 0.2) is 24.3 Å². The van der Waals surface area contributed by atoms with Crippen LogP contribution in [0, 0.1) is 11.7 Å². The first-order chi connectivity index (χ1) is 11.1. The minimum absolute atomic E-state index is 0.190. The molecule has 1 aliphatic carbocycles. The second-order valence-electron chi connectivity index (χ2n) is 7.33. The minimum Gasteiger partial charge on any atom is -0.385 e. The van der Waals surface area contributed by atoms with Crippen LogP contribution in [0.2, 0.25) is 0 Å². The van der Waals surface area contributed by atoms with E-state index in [4.69, 9.17) is 0 Å². The molecule has 1 heterocycles. The van der Waals surface area contributed by atoms with Gasteiger partial charge in [-0.25, -0.2) is 4.39 Å². The van der Waals surface area contributed by atoms with E-state index in [1.54, 1.807) is 6.07 Å². The summed E-state index contributed by atoms with van der Waals surface area (Å²) in [5, 5.41) is 11.5. The number of benzene rings is 1. The summed E-state index contributed by atoms with van der Waals surface area (Å²) < 4.78 is 13.7. The molecule has 1 aromatic rings. The van der Waals surface area contributed by atoms with E-state index in [-0.39, 0.29) is 11.7 Å². The van der Waals surface area contributed by atoms with Crippen molar-refractivity contribution in [2.75, 3.05) is 39.8 Å². The Morgan fingerprint density at radius 1 is 1.17 bits per heavy atom. The van der Waals surface area contributed by atoms with Crippen LogP contribution >= 0.6 is 0 Å². The molecule has 1 aliphatic heterocycles. The van der Waals surface area contributed by atoms with Crippen molar-refractivity contribution in [3.63, 3.8) is 0 Å². The molecule has 0 bridgehead atoms. The fraction of sp³-hybridized carbons (Fsp3) is 0.684. The van der Waals surface area contributed by atoms with E-state index in [2.05, 4.69) is 16.8 Å². The number of rotatable bonds is 3. The maximum Gasteiger partial charge on any atom is 0.123 e. The van der Waals surface area contributed by atoms with E-state index >= 15 is 0 Å². The van der Waals surface area contributed by atoms with E-state index < -0.39 is 5.60 Å². The zero-order valence-corrected chi connectivity index (χ0v) is 14.2. The highest BCUT2D eigenvalue weighted by Gasteiger charge is 2.40. The first kappa shape index (κ1) is 16.9. The number of halogens is 1. The van der Waals surface area contributed by atoms with Gasteiger partial charge in [-0.1, -0.05) is 31.4 Å². The Morgan fingerprint density at radius 3 is 2.70 bits per heavy atom. The zero-order chi connectivity index (χ0) is 16.3. The maximum absolute atomic E-state index is 13.7. The van der Waals surface area contributed by atoms with Gasteiger partial charge >= 0.3 is 0 Å². The fourth-order valence-corrected chi connectivity index (χ4v) is 4.13. The molecule has 0 aromatic heterocycles. The molecule has 0 spiro atoms. The Bertz CT molecular complexity index is 516. The monoisotopic (exact) mass is 320 g/mol. The molecular weight excluding hydrogens is 291 g/mol. The van der Waals surface area contributed by atoms with Gasteiger partial charge in [0.2, 0.25) is 0 Å². The molecule has 1 N–H and O–H groups in total. The Kier molecular flexibility index (Phi) is 5.34. The molecule has 2 fully saturated rings. The molecule has 23 heavy (non-hydrogen) atoms. The van der Waals surface area contributed by atoms with Crippen LogP contribution < -0.4 is 0 Å². The first-order valence-corrected chi connectivity index (χ1v) is 8.97. The van der Waals surface area contributed by atoms with Gasteiger partial charge in [0.05, 0.1) is 5.60 Å². The molecular formula is C19H29FN2O. The normalized spacial score (nSPS) is 31.0. The number of nitrogens with zero attached hydrogens (tertiary/aromatic N) is 2. The summed E-state index contributed by atoms with van der Waals surface area (Å²) in [4.78, 5) is 4.82. The van der Waals surface area contributed by atoms with Gasteiger partial charge < -0.3 is 14.9 Å². The summed E-state index contributed by atoms with van der Waals surface area (Å²) in [5.41, 5.74) is -0.124. The summed E-state index contributed by atoms with van der Waals surface area (Å²) in [7, 11) is 2.16. The van der Waals surface area contributed by atoms with Crippen LogP contribution in [0.5, 0.6) is 0 Å². The lowest BCUT2D eigenvalue weighted by Gasteiger charge is -2.41. The van der Waals surface area contributed by atoms with Gasteiger partial charge in [-0.2, -0.15) is 0 Å². The third-order valence-electron chi connectivity index (χ3n) is 5.68. The molecule has 3 rings (SSSR count). The Balaban J connectivity index is 1.79. The van der Waals surface area contributed by atoms with Crippen LogP contribution in [0.25, 0.3) is 0 Å². The van der Waals surface area contributed by atoms with Gasteiger partial charge in [0.1, 0.15) is 5.82 Å². The highest BCUT2D eigenvalue weighted by atomic mass is 19.1. The predicted molar refractivity (Wildman–Crippen MR) is 90.8 cm³/mol. The van der Waals surface area contributed by atoms with E-state index in [1.165, 1.54) is 12.1 Å². The standard InChI is InChI=1S/C19H29FN2O/c1-21-10-12-22(13-11-21)15-17-6-3-2-4-9-19(17,23)16-7-5-8-18(20)14-16/h5,7-8,14,17,23H,2-4,6,9-13,15H2,1H3. The largest absolute Gasteiger partial charge is 0.385 e. The fourth-order valence-electron chi connectivity index (χ4n) is 4.13. The lowest BCUT2D eigenvalue weighted by Crippen LogP contribution is -2.49. The van der Waals surface area contributed by atoms with Gasteiger partial charge in [0.15, 0.2) is 0 Å². The van der Waals surface area contributed by atoms with Gasteiger partial charge in [-0.15, -0.1) is 0 Å². The van der Waals surface area contributed by atoms with Crippen molar-refractivity contribution in [3.05, 3.63) is 35.6 Å². The Labute approximate surface area is 139 Å². The minimum atomic E-state index is -0.887. The summed E-state index contributed by atoms with van der Waals surface area (Å²) in [6.45, 7) is 5.22. The van der Waals surface area contributed by atoms with Crippen molar-refractivity contribution in [1.29, 1.82) is 0 Å². The molecule has 3 nitrogen and oxygen atoms in total. The van der Waals surface area contributed by atoms with Crippen LogP contribution in [-0.4, -0.2) is 54.7 Å². The van der Waals surface area contributed by atoms with Gasteiger partial charge in [-0.3, -0.25) is 0 Å². The number of piperazine rings is 1. The molecule has 1 saturated carbocycles. The number of aliphatic hydroxyl groups is 1. The van der Waals surface area contributed by atoms with Gasteiger partial charge in [-0.05, 0) is 37.6 Å². The first-order valence-electron chi connectivity index (χ1n) is 8.97. The summed E-state index contributed by atoms with van der Waals surface area (Å²) >= 11 is 0. The van der Waals surface area contributed by atoms with Gasteiger partial charge in [0, 0.05) is 38.6 Å². The smallest absolute Gasteiger partial charge is 0.123 e. The van der Waals surface area contributed by atoms with Crippen molar-refractivity contribution in [3.8, 4) is 0 Å². The maximum atomic E-state index is 13.7. The number of hydrogen-bond acceptors (Lipinski definition) is 3. The average molecular weight is 320 g/mol. The van der Waals surface area contributed by atoms with Crippen LogP contribution in [0.4, 0.5) is 4.39 Å². The quantitative estimate of drug-likeness (QED) is 0.868. The molecule has 2 aliphatic rings. The molecule has 0 amide bonds. The van der Waals surface area contributed by atoms with Crippen LogP contribution in [0.3, 0.4) is 0 Å². The third kappa shape index (κ3) is 3.93. The number of likely N-dealkylation sites (N-methyl/N-ethyl adjacent to an activating group) is 1. The van der Waals surface area contributed by atoms with Gasteiger partial charge in [0.25, 0.3) is 0 Å². The Morgan fingerprint density at radius 2 is 1.96 bits per heavy atom. The molecule has 128 valence electrons. The number of hydrogen-bond donors (Lipinski definition) is 1. The lowest BCUT2D eigenvalue weighted by molar-refractivity contribution is -0.0467. The second-order valence-corrected chi connectivity index (χ2v) is 7.33. The molecule has 1 saturated heterocycles. The lowest BCUT2D eigenvalue weighted by atomic mass is 9.77. The van der Waals surface area contributed by atoms with Crippen LogP contribution in [0.1, 0.15) is 37.7 Å². The van der Waals surface area contributed by atoms with Crippen molar-refractivity contribution in [2.24, 2.45) is 5.92 Å². The molecule has 2 atom stereocenters. The molecule has 1 aromatic carbocycles. The predicted octanol–water partition coefficient (Wildman–Crippen LogP) is 2.84. The van der Waals surface area contributed by atoms with E-state index in [0.29, 0.717) is 0 Å². The van der Waals surface area contributed by atoms with Crippen molar-refractivity contribution >= 4 is 0 Å². The highest BCUT2D eigenvalue weighted by Crippen LogP contribution is 2.41. The van der Waals surface area contributed by atoms with Crippen molar-refractivity contribution < 1.29 is 9.50 Å². The Hall–Kier alpha value is -0.970. The SMILES string of the molecule is CN1CCN(CC2CCCCCC2(O)c2cccc(F)c2)CC1. The third-order valence-corrected chi connectivity index (χ3v) is 5.68. The zero-order valence-electron chi connectivity index (χ0n) is 14.2. The van der Waals surface area contributed by atoms with E-state index in [0.717, 1.165) is 70.4 Å². The average Bonchev–Trinajstić information content (AvgIpc) is 2.73. The van der Waals surface area contributed by atoms with E-state index in [9.17, 15) is 9.50 Å². The second kappa shape index (κ2) is 7.29. The summed E-state index contributed by atoms with van der Waals surface area (Å²) in [6.07, 6.45) is 5.12. The summed E-state index contributed by atoms with van der Waals surface area (Å²) in [6, 6.07) is 6.60.